The molecule has 1 heterocycles. The molecule has 2 rings (SSSR count). The first-order valence-electron chi connectivity index (χ1n) is 7.27. The van der Waals surface area contributed by atoms with Crippen molar-refractivity contribution in [1.29, 1.82) is 0 Å². The van der Waals surface area contributed by atoms with Gasteiger partial charge < -0.3 is 15.4 Å². The van der Waals surface area contributed by atoms with Gasteiger partial charge >= 0.3 is 0 Å². The third kappa shape index (κ3) is 4.73. The zero-order valence-electron chi connectivity index (χ0n) is 12.8. The Balaban J connectivity index is 1.99. The van der Waals surface area contributed by atoms with E-state index in [1.807, 2.05) is 6.07 Å². The summed E-state index contributed by atoms with van der Waals surface area (Å²) in [5.74, 6) is 1.74. The van der Waals surface area contributed by atoms with E-state index in [9.17, 15) is 0 Å². The Bertz CT molecular complexity index is 608. The Morgan fingerprint density at radius 2 is 2.14 bits per heavy atom. The number of benzene rings is 1. The van der Waals surface area contributed by atoms with Gasteiger partial charge in [0.05, 0.1) is 18.3 Å². The number of nitrogens with zero attached hydrogens (tertiary/aromatic N) is 3. The van der Waals surface area contributed by atoms with Crippen LogP contribution >= 0.6 is 11.6 Å². The summed E-state index contributed by atoms with van der Waals surface area (Å²) in [6, 6.07) is 5.38. The van der Waals surface area contributed by atoms with Crippen LogP contribution in [0.15, 0.2) is 24.4 Å². The van der Waals surface area contributed by atoms with E-state index in [-0.39, 0.29) is 0 Å². The number of nitrogens with one attached hydrogen (secondary N) is 2. The third-order valence-electron chi connectivity index (χ3n) is 3.05. The highest BCUT2D eigenvalue weighted by atomic mass is 35.5. The molecule has 0 amide bonds. The van der Waals surface area contributed by atoms with Crippen molar-refractivity contribution in [3.63, 3.8) is 0 Å². The Labute approximate surface area is 135 Å². The first-order chi connectivity index (χ1) is 10.7. The first kappa shape index (κ1) is 16.3. The van der Waals surface area contributed by atoms with Gasteiger partial charge in [0.2, 0.25) is 5.95 Å². The van der Waals surface area contributed by atoms with Crippen LogP contribution in [0, 0.1) is 0 Å². The number of halogens is 1. The van der Waals surface area contributed by atoms with Gasteiger partial charge in [-0.15, -0.1) is 5.10 Å². The van der Waals surface area contributed by atoms with Crippen molar-refractivity contribution in [2.75, 3.05) is 24.3 Å². The fourth-order valence-corrected chi connectivity index (χ4v) is 2.16. The molecule has 7 heteroatoms. The predicted octanol–water partition coefficient (Wildman–Crippen LogP) is 3.88. The molecule has 0 radical (unpaired) electrons. The fourth-order valence-electron chi connectivity index (χ4n) is 1.91. The van der Waals surface area contributed by atoms with E-state index in [1.54, 1.807) is 25.4 Å². The third-order valence-corrected chi connectivity index (χ3v) is 3.35. The second-order valence-electron chi connectivity index (χ2n) is 4.77. The van der Waals surface area contributed by atoms with Crippen LogP contribution in [0.1, 0.15) is 26.2 Å². The first-order valence-corrected chi connectivity index (χ1v) is 7.65. The summed E-state index contributed by atoms with van der Waals surface area (Å²) in [6.45, 7) is 3.05. The molecule has 0 aliphatic heterocycles. The van der Waals surface area contributed by atoms with Gasteiger partial charge in [0.15, 0.2) is 5.82 Å². The number of hydrogen-bond donors (Lipinski definition) is 2. The minimum absolute atomic E-state index is 0.418. The van der Waals surface area contributed by atoms with Crippen molar-refractivity contribution in [1.82, 2.24) is 15.2 Å². The predicted molar refractivity (Wildman–Crippen MR) is 89.1 cm³/mol. The topological polar surface area (TPSA) is 72.0 Å². The van der Waals surface area contributed by atoms with Crippen molar-refractivity contribution in [2.45, 2.75) is 26.2 Å². The molecular weight excluding hydrogens is 302 g/mol. The standard InChI is InChI=1S/C15H20ClN5O/c1-3-4-5-8-17-14-10-18-21-15(20-14)19-11-6-7-13(22-2)12(16)9-11/h6-7,9-10H,3-5,8H2,1-2H3,(H2,17,19,20,21). The van der Waals surface area contributed by atoms with Crippen molar-refractivity contribution >= 4 is 29.1 Å². The lowest BCUT2D eigenvalue weighted by molar-refractivity contribution is 0.415. The quantitative estimate of drug-likeness (QED) is 0.719. The summed E-state index contributed by atoms with van der Waals surface area (Å²) < 4.78 is 5.12. The van der Waals surface area contributed by atoms with E-state index in [2.05, 4.69) is 32.7 Å². The summed E-state index contributed by atoms with van der Waals surface area (Å²) in [6.07, 6.45) is 5.10. The van der Waals surface area contributed by atoms with E-state index < -0.39 is 0 Å². The smallest absolute Gasteiger partial charge is 0.249 e. The Morgan fingerprint density at radius 3 is 2.86 bits per heavy atom. The molecule has 0 saturated heterocycles. The van der Waals surface area contributed by atoms with Crippen LogP contribution in [-0.4, -0.2) is 28.8 Å². The highest BCUT2D eigenvalue weighted by molar-refractivity contribution is 6.32. The molecule has 1 aromatic heterocycles. The molecule has 0 atom stereocenters. The van der Waals surface area contributed by atoms with E-state index in [4.69, 9.17) is 16.3 Å². The molecule has 0 bridgehead atoms. The fraction of sp³-hybridized carbons (Fsp3) is 0.400. The molecule has 1 aromatic carbocycles. The summed E-state index contributed by atoms with van der Waals surface area (Å²) in [7, 11) is 1.58. The van der Waals surface area contributed by atoms with E-state index in [0.717, 1.165) is 18.7 Å². The molecule has 118 valence electrons. The van der Waals surface area contributed by atoms with Gasteiger partial charge in [-0.2, -0.15) is 10.1 Å². The highest BCUT2D eigenvalue weighted by Gasteiger charge is 2.04. The molecule has 0 saturated carbocycles. The minimum atomic E-state index is 0.418. The summed E-state index contributed by atoms with van der Waals surface area (Å²) >= 11 is 6.09. The lowest BCUT2D eigenvalue weighted by atomic mass is 10.2. The molecule has 0 spiro atoms. The Kier molecular flexibility index (Phi) is 6.21. The van der Waals surface area contributed by atoms with Crippen molar-refractivity contribution in [3.8, 4) is 5.75 Å². The number of rotatable bonds is 8. The van der Waals surface area contributed by atoms with Crippen molar-refractivity contribution < 1.29 is 4.74 Å². The van der Waals surface area contributed by atoms with Gasteiger partial charge in [-0.25, -0.2) is 0 Å². The Hall–Kier alpha value is -2.08. The van der Waals surface area contributed by atoms with Crippen molar-refractivity contribution in [3.05, 3.63) is 29.4 Å². The highest BCUT2D eigenvalue weighted by Crippen LogP contribution is 2.28. The Morgan fingerprint density at radius 1 is 1.27 bits per heavy atom. The van der Waals surface area contributed by atoms with Crippen molar-refractivity contribution in [2.24, 2.45) is 0 Å². The van der Waals surface area contributed by atoms with E-state index >= 15 is 0 Å². The lowest BCUT2D eigenvalue weighted by Gasteiger charge is -2.09. The van der Waals surface area contributed by atoms with Crippen LogP contribution < -0.4 is 15.4 Å². The van der Waals surface area contributed by atoms with Crippen LogP contribution in [0.5, 0.6) is 5.75 Å². The van der Waals surface area contributed by atoms with Gasteiger partial charge in [0.1, 0.15) is 5.75 Å². The van der Waals surface area contributed by atoms with Crippen LogP contribution in [0.25, 0.3) is 0 Å². The van der Waals surface area contributed by atoms with Gasteiger partial charge in [0, 0.05) is 12.2 Å². The van der Waals surface area contributed by atoms with Gasteiger partial charge in [0.25, 0.3) is 0 Å². The minimum Gasteiger partial charge on any atom is -0.495 e. The molecule has 2 aromatic rings. The normalized spacial score (nSPS) is 10.3. The SMILES string of the molecule is CCCCCNc1cnnc(Nc2ccc(OC)c(Cl)c2)n1. The average molecular weight is 322 g/mol. The van der Waals surface area contributed by atoms with Crippen LogP contribution in [-0.2, 0) is 0 Å². The maximum Gasteiger partial charge on any atom is 0.249 e. The molecule has 2 N–H and O–H groups in total. The maximum atomic E-state index is 6.09. The molecule has 0 aliphatic rings. The zero-order chi connectivity index (χ0) is 15.8. The molecule has 22 heavy (non-hydrogen) atoms. The van der Waals surface area contributed by atoms with Crippen LogP contribution in [0.3, 0.4) is 0 Å². The molecular formula is C15H20ClN5O. The number of aromatic nitrogens is 3. The number of unbranched alkanes of at least 4 members (excludes halogenated alkanes) is 2. The summed E-state index contributed by atoms with van der Waals surface area (Å²) in [4.78, 5) is 4.37. The average Bonchev–Trinajstić information content (AvgIpc) is 2.52. The lowest BCUT2D eigenvalue weighted by Crippen LogP contribution is -2.06. The van der Waals surface area contributed by atoms with Crippen LogP contribution in [0.2, 0.25) is 5.02 Å². The number of ether oxygens (including phenoxy) is 1. The van der Waals surface area contributed by atoms with Gasteiger partial charge in [-0.1, -0.05) is 31.4 Å². The maximum absolute atomic E-state index is 6.09. The molecule has 0 unspecified atom stereocenters. The summed E-state index contributed by atoms with van der Waals surface area (Å²) in [5, 5.41) is 14.7. The van der Waals surface area contributed by atoms with E-state index in [1.165, 1.54) is 12.8 Å². The molecule has 0 fully saturated rings. The van der Waals surface area contributed by atoms with Gasteiger partial charge in [-0.05, 0) is 24.6 Å². The second kappa shape index (κ2) is 8.38. The largest absolute Gasteiger partial charge is 0.495 e. The molecule has 6 nitrogen and oxygen atoms in total. The van der Waals surface area contributed by atoms with Gasteiger partial charge in [-0.3, -0.25) is 0 Å². The number of hydrogen-bond acceptors (Lipinski definition) is 6. The summed E-state index contributed by atoms with van der Waals surface area (Å²) in [5.41, 5.74) is 0.774. The second-order valence-corrected chi connectivity index (χ2v) is 5.18. The number of methoxy groups -OCH3 is 1. The number of anilines is 3. The van der Waals surface area contributed by atoms with Crippen LogP contribution in [0.4, 0.5) is 17.5 Å². The molecule has 0 aliphatic carbocycles. The van der Waals surface area contributed by atoms with E-state index in [0.29, 0.717) is 22.5 Å². The zero-order valence-corrected chi connectivity index (χ0v) is 13.5. The monoisotopic (exact) mass is 321 g/mol.